The largest absolute Gasteiger partial charge is 0.465 e. The number of hydrogen-bond acceptors (Lipinski definition) is 4. The lowest BCUT2D eigenvalue weighted by molar-refractivity contribution is -0.119. The molecule has 2 aromatic heterocycles. The number of likely N-dealkylation sites (N-methyl/N-ethyl adjacent to an activating group) is 1. The van der Waals surface area contributed by atoms with E-state index in [-0.39, 0.29) is 55.3 Å². The highest BCUT2D eigenvalue weighted by Crippen LogP contribution is 2.32. The summed E-state index contributed by atoms with van der Waals surface area (Å²) in [5.41, 5.74) is 2.00. The van der Waals surface area contributed by atoms with E-state index in [1.54, 1.807) is 16.7 Å². The standard InChI is InChI=1S/C23H24F2N4O4/c1-13-3-4-29-18(11-15-12-28(23(31)32)5-6-33-15)22(27-19(29)7-13)21-16(24)8-14(9-17(21)25)10-20(30)26-2/h3-4,7-9,15H,5-6,10-12H2,1-2H3,(H,26,30)(H,31,32). The fourth-order valence-corrected chi connectivity index (χ4v) is 4.05. The SMILES string of the molecule is CNC(=O)Cc1cc(F)c(-c2nc3cc(C)ccn3c2CC2CN(C(=O)O)CCO2)c(F)c1. The fourth-order valence-electron chi connectivity index (χ4n) is 4.05. The van der Waals surface area contributed by atoms with E-state index in [4.69, 9.17) is 4.74 Å². The Balaban J connectivity index is 1.78. The number of ether oxygens (including phenoxy) is 1. The summed E-state index contributed by atoms with van der Waals surface area (Å²) in [4.78, 5) is 28.8. The first kappa shape index (κ1) is 22.7. The van der Waals surface area contributed by atoms with Crippen molar-refractivity contribution in [1.29, 1.82) is 0 Å². The Bertz CT molecular complexity index is 1200. The van der Waals surface area contributed by atoms with Gasteiger partial charge in [0.25, 0.3) is 0 Å². The van der Waals surface area contributed by atoms with E-state index in [0.717, 1.165) is 17.7 Å². The van der Waals surface area contributed by atoms with Crippen LogP contribution in [-0.2, 0) is 22.4 Å². The second kappa shape index (κ2) is 9.14. The van der Waals surface area contributed by atoms with Crippen LogP contribution in [0.25, 0.3) is 16.9 Å². The van der Waals surface area contributed by atoms with Crippen LogP contribution >= 0.6 is 0 Å². The van der Waals surface area contributed by atoms with Gasteiger partial charge in [-0.1, -0.05) is 0 Å². The highest BCUT2D eigenvalue weighted by atomic mass is 19.1. The molecule has 0 saturated carbocycles. The molecule has 2 amide bonds. The van der Waals surface area contributed by atoms with Crippen molar-refractivity contribution >= 4 is 17.6 Å². The smallest absolute Gasteiger partial charge is 0.407 e. The molecule has 1 fully saturated rings. The second-order valence-electron chi connectivity index (χ2n) is 8.05. The number of nitrogens with zero attached hydrogens (tertiary/aromatic N) is 3. The number of fused-ring (bicyclic) bond motifs is 1. The highest BCUT2D eigenvalue weighted by Gasteiger charge is 2.28. The van der Waals surface area contributed by atoms with Gasteiger partial charge in [0.2, 0.25) is 5.91 Å². The van der Waals surface area contributed by atoms with Gasteiger partial charge in [-0.05, 0) is 42.3 Å². The van der Waals surface area contributed by atoms with Gasteiger partial charge in [-0.15, -0.1) is 0 Å². The Hall–Kier alpha value is -3.53. The van der Waals surface area contributed by atoms with Crippen molar-refractivity contribution in [3.63, 3.8) is 0 Å². The zero-order valence-electron chi connectivity index (χ0n) is 18.3. The Morgan fingerprint density at radius 2 is 2.00 bits per heavy atom. The van der Waals surface area contributed by atoms with Crippen molar-refractivity contribution in [2.45, 2.75) is 25.9 Å². The molecule has 0 spiro atoms. The van der Waals surface area contributed by atoms with E-state index in [1.165, 1.54) is 11.9 Å². The number of aromatic nitrogens is 2. The predicted octanol–water partition coefficient (Wildman–Crippen LogP) is 2.80. The van der Waals surface area contributed by atoms with Crippen LogP contribution < -0.4 is 5.32 Å². The zero-order valence-corrected chi connectivity index (χ0v) is 18.3. The van der Waals surface area contributed by atoms with Crippen LogP contribution in [0.2, 0.25) is 0 Å². The number of benzene rings is 1. The monoisotopic (exact) mass is 458 g/mol. The van der Waals surface area contributed by atoms with Gasteiger partial charge in [-0.25, -0.2) is 18.6 Å². The van der Waals surface area contributed by atoms with Gasteiger partial charge < -0.3 is 24.5 Å². The van der Waals surface area contributed by atoms with Gasteiger partial charge in [0.05, 0.1) is 42.6 Å². The van der Waals surface area contributed by atoms with Crippen LogP contribution in [0.4, 0.5) is 13.6 Å². The van der Waals surface area contributed by atoms with Gasteiger partial charge >= 0.3 is 6.09 Å². The van der Waals surface area contributed by atoms with E-state index in [9.17, 15) is 14.7 Å². The van der Waals surface area contributed by atoms with Crippen LogP contribution in [0.5, 0.6) is 0 Å². The average Bonchev–Trinajstić information content (AvgIpc) is 3.10. The molecule has 1 aliphatic heterocycles. The van der Waals surface area contributed by atoms with E-state index >= 15 is 8.78 Å². The van der Waals surface area contributed by atoms with Crippen molar-refractivity contribution < 1.29 is 28.2 Å². The van der Waals surface area contributed by atoms with Gasteiger partial charge in [0, 0.05) is 26.2 Å². The number of halogens is 2. The van der Waals surface area contributed by atoms with Crippen molar-refractivity contribution in [2.75, 3.05) is 26.7 Å². The molecule has 8 nitrogen and oxygen atoms in total. The van der Waals surface area contributed by atoms with Crippen LogP contribution in [0.1, 0.15) is 16.8 Å². The topological polar surface area (TPSA) is 96.2 Å². The second-order valence-corrected chi connectivity index (χ2v) is 8.05. The number of carbonyl (C=O) groups excluding carboxylic acids is 1. The Labute approximate surface area is 188 Å². The predicted molar refractivity (Wildman–Crippen MR) is 116 cm³/mol. The third-order valence-electron chi connectivity index (χ3n) is 5.69. The summed E-state index contributed by atoms with van der Waals surface area (Å²) in [5.74, 6) is -2.01. The molecule has 0 radical (unpaired) electrons. The lowest BCUT2D eigenvalue weighted by atomic mass is 10.0. The molecule has 4 rings (SSSR count). The maximum absolute atomic E-state index is 15.1. The molecule has 1 saturated heterocycles. The number of carbonyl (C=O) groups is 2. The first-order valence-corrected chi connectivity index (χ1v) is 10.5. The Morgan fingerprint density at radius 1 is 1.27 bits per heavy atom. The van der Waals surface area contributed by atoms with Crippen LogP contribution in [0, 0.1) is 18.6 Å². The molecule has 0 bridgehead atoms. The lowest BCUT2D eigenvalue weighted by Gasteiger charge is -2.31. The normalized spacial score (nSPS) is 16.2. The minimum Gasteiger partial charge on any atom is -0.465 e. The third-order valence-corrected chi connectivity index (χ3v) is 5.69. The summed E-state index contributed by atoms with van der Waals surface area (Å²) < 4.78 is 37.8. The molecular weight excluding hydrogens is 434 g/mol. The van der Waals surface area contributed by atoms with E-state index in [0.29, 0.717) is 11.3 Å². The van der Waals surface area contributed by atoms with E-state index in [1.807, 2.05) is 13.0 Å². The summed E-state index contributed by atoms with van der Waals surface area (Å²) in [7, 11) is 1.45. The maximum Gasteiger partial charge on any atom is 0.407 e. The molecule has 33 heavy (non-hydrogen) atoms. The molecule has 1 aromatic carbocycles. The molecule has 2 N–H and O–H groups in total. The molecule has 3 heterocycles. The highest BCUT2D eigenvalue weighted by molar-refractivity contribution is 5.78. The molecule has 10 heteroatoms. The number of morpholine rings is 1. The van der Waals surface area contributed by atoms with Crippen molar-refractivity contribution in [3.05, 3.63) is 58.9 Å². The molecule has 3 aromatic rings. The molecular formula is C23H24F2N4O4. The van der Waals surface area contributed by atoms with E-state index < -0.39 is 23.8 Å². The number of hydrogen-bond donors (Lipinski definition) is 2. The van der Waals surface area contributed by atoms with Crippen LogP contribution in [0.3, 0.4) is 0 Å². The number of nitrogens with one attached hydrogen (secondary N) is 1. The maximum atomic E-state index is 15.1. The number of carboxylic acid groups (broad SMARTS) is 1. The quantitative estimate of drug-likeness (QED) is 0.613. The van der Waals surface area contributed by atoms with Gasteiger partial charge in [-0.3, -0.25) is 4.79 Å². The Morgan fingerprint density at radius 3 is 2.67 bits per heavy atom. The Kier molecular flexibility index (Phi) is 6.28. The number of imidazole rings is 1. The van der Waals surface area contributed by atoms with Crippen molar-refractivity contribution in [1.82, 2.24) is 19.6 Å². The lowest BCUT2D eigenvalue weighted by Crippen LogP contribution is -2.45. The summed E-state index contributed by atoms with van der Waals surface area (Å²) in [6.45, 7) is 2.53. The average molecular weight is 458 g/mol. The third kappa shape index (κ3) is 4.65. The number of aryl methyl sites for hydroxylation is 1. The number of pyridine rings is 1. The van der Waals surface area contributed by atoms with Gasteiger partial charge in [-0.2, -0.15) is 0 Å². The van der Waals surface area contributed by atoms with Crippen molar-refractivity contribution in [3.8, 4) is 11.3 Å². The first-order valence-electron chi connectivity index (χ1n) is 10.5. The van der Waals surface area contributed by atoms with Gasteiger partial charge in [0.1, 0.15) is 17.3 Å². The molecule has 1 atom stereocenters. The summed E-state index contributed by atoms with van der Waals surface area (Å²) >= 11 is 0. The van der Waals surface area contributed by atoms with E-state index in [2.05, 4.69) is 10.3 Å². The van der Waals surface area contributed by atoms with Crippen LogP contribution in [0.15, 0.2) is 30.5 Å². The molecule has 0 aliphatic carbocycles. The molecule has 174 valence electrons. The minimum atomic E-state index is -1.04. The van der Waals surface area contributed by atoms with Gasteiger partial charge in [0.15, 0.2) is 0 Å². The molecule has 1 aliphatic rings. The zero-order chi connectivity index (χ0) is 23.7. The minimum absolute atomic E-state index is 0.123. The first-order chi connectivity index (χ1) is 15.8. The fraction of sp³-hybridized carbons (Fsp3) is 0.348. The van der Waals surface area contributed by atoms with Crippen molar-refractivity contribution in [2.24, 2.45) is 0 Å². The summed E-state index contributed by atoms with van der Waals surface area (Å²) in [6.07, 6.45) is 0.296. The number of amides is 2. The molecule has 1 unspecified atom stereocenters. The van der Waals surface area contributed by atoms with Crippen LogP contribution in [-0.4, -0.2) is 64.2 Å². The summed E-state index contributed by atoms with van der Waals surface area (Å²) in [6, 6.07) is 5.92. The summed E-state index contributed by atoms with van der Waals surface area (Å²) in [5, 5.41) is 11.7. The number of rotatable bonds is 5.